The molecule has 0 saturated carbocycles. The summed E-state index contributed by atoms with van der Waals surface area (Å²) in [6.07, 6.45) is 0. The highest BCUT2D eigenvalue weighted by Gasteiger charge is 2.01. The Balaban J connectivity index is 2.30. The lowest BCUT2D eigenvalue weighted by Crippen LogP contribution is -1.90. The number of para-hydroxylation sites is 3. The maximum absolute atomic E-state index is 9.58. The van der Waals surface area contributed by atoms with Crippen LogP contribution in [0, 0.1) is 0 Å². The molecule has 15 heavy (non-hydrogen) atoms. The molecule has 0 heterocycles. The molecule has 0 radical (unpaired) electrons. The lowest BCUT2D eigenvalue weighted by Gasteiger charge is -2.09. The number of aromatic hydroxyl groups is 1. The zero-order valence-electron chi connectivity index (χ0n) is 7.94. The van der Waals surface area contributed by atoms with Crippen LogP contribution in [-0.4, -0.2) is 5.11 Å². The van der Waals surface area contributed by atoms with Crippen LogP contribution in [0.15, 0.2) is 53.0 Å². The van der Waals surface area contributed by atoms with E-state index >= 15 is 0 Å². The molecule has 0 amide bonds. The number of halogens is 1. The zero-order valence-corrected chi connectivity index (χ0v) is 9.53. The van der Waals surface area contributed by atoms with E-state index in [4.69, 9.17) is 0 Å². The van der Waals surface area contributed by atoms with E-state index in [9.17, 15) is 5.11 Å². The Morgan fingerprint density at radius 1 is 0.867 bits per heavy atom. The van der Waals surface area contributed by atoms with Crippen molar-refractivity contribution in [3.63, 3.8) is 0 Å². The van der Waals surface area contributed by atoms with Crippen LogP contribution < -0.4 is 5.32 Å². The Morgan fingerprint density at radius 2 is 1.47 bits per heavy atom. The Kier molecular flexibility index (Phi) is 2.92. The number of hydrogen-bond donors (Lipinski definition) is 2. The monoisotopic (exact) mass is 263 g/mol. The fourth-order valence-corrected chi connectivity index (χ4v) is 1.67. The number of nitrogens with one attached hydrogen (secondary N) is 1. The molecule has 0 atom stereocenters. The van der Waals surface area contributed by atoms with Crippen molar-refractivity contribution >= 4 is 27.3 Å². The summed E-state index contributed by atoms with van der Waals surface area (Å²) in [5.74, 6) is 0.244. The number of rotatable bonds is 2. The van der Waals surface area contributed by atoms with Gasteiger partial charge in [0.2, 0.25) is 0 Å². The third-order valence-corrected chi connectivity index (χ3v) is 2.74. The minimum Gasteiger partial charge on any atom is -0.506 e. The molecule has 2 N–H and O–H groups in total. The van der Waals surface area contributed by atoms with Crippen molar-refractivity contribution in [3.8, 4) is 5.75 Å². The SMILES string of the molecule is Oc1ccccc1Nc1ccccc1Br. The second-order valence-corrected chi connectivity index (χ2v) is 3.98. The van der Waals surface area contributed by atoms with E-state index in [1.165, 1.54) is 0 Å². The van der Waals surface area contributed by atoms with Crippen LogP contribution in [0.1, 0.15) is 0 Å². The van der Waals surface area contributed by atoms with Gasteiger partial charge in [-0.05, 0) is 40.2 Å². The number of anilines is 2. The van der Waals surface area contributed by atoms with Crippen LogP contribution in [0.5, 0.6) is 5.75 Å². The van der Waals surface area contributed by atoms with E-state index in [2.05, 4.69) is 21.2 Å². The minimum absolute atomic E-state index is 0.244. The number of phenols is 1. The Hall–Kier alpha value is -1.48. The summed E-state index contributed by atoms with van der Waals surface area (Å²) in [6.45, 7) is 0. The van der Waals surface area contributed by atoms with Gasteiger partial charge in [0.05, 0.1) is 11.4 Å². The standard InChI is InChI=1S/C12H10BrNO/c13-9-5-1-2-6-10(9)14-11-7-3-4-8-12(11)15/h1-8,14-15H. The van der Waals surface area contributed by atoms with Gasteiger partial charge in [-0.15, -0.1) is 0 Å². The normalized spacial score (nSPS) is 9.93. The van der Waals surface area contributed by atoms with Crippen molar-refractivity contribution in [2.45, 2.75) is 0 Å². The van der Waals surface area contributed by atoms with Crippen LogP contribution in [-0.2, 0) is 0 Å². The van der Waals surface area contributed by atoms with Gasteiger partial charge >= 0.3 is 0 Å². The Morgan fingerprint density at radius 3 is 2.13 bits per heavy atom. The third-order valence-electron chi connectivity index (χ3n) is 2.05. The molecule has 2 nitrogen and oxygen atoms in total. The van der Waals surface area contributed by atoms with Crippen molar-refractivity contribution in [2.24, 2.45) is 0 Å². The molecule has 0 aromatic heterocycles. The van der Waals surface area contributed by atoms with E-state index in [0.29, 0.717) is 5.69 Å². The predicted octanol–water partition coefficient (Wildman–Crippen LogP) is 3.90. The van der Waals surface area contributed by atoms with Crippen LogP contribution in [0.3, 0.4) is 0 Å². The van der Waals surface area contributed by atoms with Crippen LogP contribution in [0.25, 0.3) is 0 Å². The highest BCUT2D eigenvalue weighted by atomic mass is 79.9. The molecule has 0 aliphatic rings. The average molecular weight is 264 g/mol. The molecule has 0 aliphatic carbocycles. The summed E-state index contributed by atoms with van der Waals surface area (Å²) < 4.78 is 0.966. The average Bonchev–Trinajstić information content (AvgIpc) is 2.24. The van der Waals surface area contributed by atoms with Crippen LogP contribution in [0.2, 0.25) is 0 Å². The van der Waals surface area contributed by atoms with Crippen molar-refractivity contribution in [1.82, 2.24) is 0 Å². The van der Waals surface area contributed by atoms with Crippen molar-refractivity contribution in [3.05, 3.63) is 53.0 Å². The summed E-state index contributed by atoms with van der Waals surface area (Å²) in [7, 11) is 0. The van der Waals surface area contributed by atoms with Gasteiger partial charge < -0.3 is 10.4 Å². The maximum atomic E-state index is 9.58. The lowest BCUT2D eigenvalue weighted by atomic mass is 10.2. The summed E-state index contributed by atoms with van der Waals surface area (Å²) in [4.78, 5) is 0. The fraction of sp³-hybridized carbons (Fsp3) is 0. The molecule has 3 heteroatoms. The summed E-state index contributed by atoms with van der Waals surface area (Å²) >= 11 is 3.43. The fourth-order valence-electron chi connectivity index (χ4n) is 1.29. The van der Waals surface area contributed by atoms with Gasteiger partial charge in [-0.25, -0.2) is 0 Å². The van der Waals surface area contributed by atoms with Crippen LogP contribution >= 0.6 is 15.9 Å². The minimum atomic E-state index is 0.244. The molecule has 0 bridgehead atoms. The topological polar surface area (TPSA) is 32.3 Å². The molecule has 2 rings (SSSR count). The summed E-state index contributed by atoms with van der Waals surface area (Å²) in [6, 6.07) is 14.9. The molecular formula is C12H10BrNO. The number of benzene rings is 2. The molecule has 0 unspecified atom stereocenters. The molecule has 0 saturated heterocycles. The molecule has 76 valence electrons. The van der Waals surface area contributed by atoms with Gasteiger partial charge in [0, 0.05) is 4.47 Å². The van der Waals surface area contributed by atoms with Crippen molar-refractivity contribution < 1.29 is 5.11 Å². The third kappa shape index (κ3) is 2.30. The lowest BCUT2D eigenvalue weighted by molar-refractivity contribution is 0.478. The first-order valence-electron chi connectivity index (χ1n) is 4.57. The number of phenolic OH excluding ortho intramolecular Hbond substituents is 1. The van der Waals surface area contributed by atoms with Gasteiger partial charge in [-0.1, -0.05) is 24.3 Å². The largest absolute Gasteiger partial charge is 0.506 e. The summed E-state index contributed by atoms with van der Waals surface area (Å²) in [5, 5.41) is 12.7. The van der Waals surface area contributed by atoms with Gasteiger partial charge in [0.1, 0.15) is 5.75 Å². The number of hydrogen-bond acceptors (Lipinski definition) is 2. The first kappa shape index (κ1) is 10.1. The predicted molar refractivity (Wildman–Crippen MR) is 65.5 cm³/mol. The molecule has 0 aliphatic heterocycles. The molecule has 2 aromatic rings. The molecule has 2 aromatic carbocycles. The van der Waals surface area contributed by atoms with Crippen molar-refractivity contribution in [1.29, 1.82) is 0 Å². The molecular weight excluding hydrogens is 254 g/mol. The molecule has 0 fully saturated rings. The van der Waals surface area contributed by atoms with Gasteiger partial charge in [-0.2, -0.15) is 0 Å². The zero-order chi connectivity index (χ0) is 10.7. The quantitative estimate of drug-likeness (QED) is 0.806. The van der Waals surface area contributed by atoms with E-state index in [1.807, 2.05) is 36.4 Å². The van der Waals surface area contributed by atoms with Gasteiger partial charge in [0.25, 0.3) is 0 Å². The van der Waals surface area contributed by atoms with Gasteiger partial charge in [-0.3, -0.25) is 0 Å². The van der Waals surface area contributed by atoms with Crippen LogP contribution in [0.4, 0.5) is 11.4 Å². The van der Waals surface area contributed by atoms with E-state index in [0.717, 1.165) is 10.2 Å². The van der Waals surface area contributed by atoms with Gasteiger partial charge in [0.15, 0.2) is 0 Å². The second-order valence-electron chi connectivity index (χ2n) is 3.12. The molecule has 0 spiro atoms. The maximum Gasteiger partial charge on any atom is 0.139 e. The van der Waals surface area contributed by atoms with E-state index < -0.39 is 0 Å². The second kappa shape index (κ2) is 4.36. The van der Waals surface area contributed by atoms with Crippen molar-refractivity contribution in [2.75, 3.05) is 5.32 Å². The highest BCUT2D eigenvalue weighted by molar-refractivity contribution is 9.10. The van der Waals surface area contributed by atoms with E-state index in [1.54, 1.807) is 12.1 Å². The first-order chi connectivity index (χ1) is 7.27. The smallest absolute Gasteiger partial charge is 0.139 e. The summed E-state index contributed by atoms with van der Waals surface area (Å²) in [5.41, 5.74) is 1.63. The Labute approximate surface area is 96.7 Å². The van der Waals surface area contributed by atoms with E-state index in [-0.39, 0.29) is 5.75 Å². The first-order valence-corrected chi connectivity index (χ1v) is 5.36. The highest BCUT2D eigenvalue weighted by Crippen LogP contribution is 2.29. The Bertz CT molecular complexity index is 427.